The van der Waals surface area contributed by atoms with E-state index in [0.717, 1.165) is 0 Å². The van der Waals surface area contributed by atoms with Crippen molar-refractivity contribution < 1.29 is 52.1 Å². The molecule has 3 N–H and O–H groups in total. The second kappa shape index (κ2) is 13.6. The van der Waals surface area contributed by atoms with Gasteiger partial charge in [0.15, 0.2) is 12.1 Å². The van der Waals surface area contributed by atoms with Crippen molar-refractivity contribution in [2.24, 2.45) is 0 Å². The number of halogens is 2. The van der Waals surface area contributed by atoms with Crippen LogP contribution in [0.1, 0.15) is 35.7 Å². The third-order valence-corrected chi connectivity index (χ3v) is 7.99. The van der Waals surface area contributed by atoms with E-state index in [0.29, 0.717) is 35.9 Å². The molecule has 2 atom stereocenters. The van der Waals surface area contributed by atoms with Crippen molar-refractivity contribution in [3.8, 4) is 5.75 Å². The summed E-state index contributed by atoms with van der Waals surface area (Å²) in [7, 11) is -4.38. The molecule has 0 aliphatic carbocycles. The van der Waals surface area contributed by atoms with Gasteiger partial charge in [-0.3, -0.25) is 23.5 Å². The number of nitrogens with zero attached hydrogens (tertiary/aromatic N) is 2. The fourth-order valence-corrected chi connectivity index (χ4v) is 5.48. The van der Waals surface area contributed by atoms with Crippen LogP contribution in [-0.2, 0) is 36.5 Å². The number of aromatic nitrogens is 1. The molecule has 1 aromatic heterocycles. The van der Waals surface area contributed by atoms with Gasteiger partial charge >= 0.3 is 13.8 Å². The van der Waals surface area contributed by atoms with E-state index in [9.17, 15) is 33.0 Å². The van der Waals surface area contributed by atoms with E-state index in [2.05, 4.69) is 14.6 Å². The largest absolute Gasteiger partial charge is 0.507 e. The number of hydrogen-bond acceptors (Lipinski definition) is 8. The Labute approximate surface area is 249 Å². The Balaban J connectivity index is 1.47. The van der Waals surface area contributed by atoms with Crippen molar-refractivity contribution >= 4 is 53.9 Å². The highest BCUT2D eigenvalue weighted by atomic mass is 35.5. The molecule has 230 valence electrons. The summed E-state index contributed by atoms with van der Waals surface area (Å²) in [6, 6.07) is 8.18. The van der Waals surface area contributed by atoms with Gasteiger partial charge < -0.3 is 34.3 Å². The fourth-order valence-electron chi connectivity index (χ4n) is 4.68. The first-order valence-electron chi connectivity index (χ1n) is 12.9. The van der Waals surface area contributed by atoms with Gasteiger partial charge in [0.25, 0.3) is 0 Å². The Morgan fingerprint density at radius 2 is 1.98 bits per heavy atom. The molecule has 13 nitrogen and oxygen atoms in total. The Bertz CT molecular complexity index is 1610. The minimum absolute atomic E-state index is 0.0640. The predicted molar refractivity (Wildman–Crippen MR) is 150 cm³/mol. The number of carbonyl (C=O) groups is 4. The number of amides is 2. The molecule has 16 heteroatoms. The molecule has 2 heterocycles. The number of rotatable bonds is 12. The highest BCUT2D eigenvalue weighted by Crippen LogP contribution is 2.42. The Kier molecular flexibility index (Phi) is 10.1. The Morgan fingerprint density at radius 1 is 1.21 bits per heavy atom. The van der Waals surface area contributed by atoms with Crippen LogP contribution in [0.4, 0.5) is 9.18 Å². The van der Waals surface area contributed by atoms with E-state index in [1.54, 1.807) is 12.1 Å². The minimum Gasteiger partial charge on any atom is -0.481 e. The molecule has 4 rings (SSSR count). The van der Waals surface area contributed by atoms with Crippen molar-refractivity contribution in [1.82, 2.24) is 14.8 Å². The molecule has 1 aliphatic heterocycles. The molecule has 0 bridgehead atoms. The maximum atomic E-state index is 14.2. The van der Waals surface area contributed by atoms with Crippen molar-refractivity contribution in [2.45, 2.75) is 38.9 Å². The van der Waals surface area contributed by atoms with E-state index < -0.39 is 50.6 Å². The number of likely N-dealkylation sites (tertiary alicyclic amines) is 1. The summed E-state index contributed by atoms with van der Waals surface area (Å²) in [4.78, 5) is 60.4. The number of ketones is 1. The number of carboxylic acid groups (broad SMARTS) is 1. The van der Waals surface area contributed by atoms with Gasteiger partial charge in [0.1, 0.15) is 24.2 Å². The number of benzene rings is 2. The SMILES string of the molecule is CC(=O)c1cn(CC(=O)N2CCC[C@H]2C(=O)NCc2cccc(Cl)c2F)c2cc(OCP(=O)(O)OCOC(=O)O)ccc12. The van der Waals surface area contributed by atoms with Crippen molar-refractivity contribution in [2.75, 3.05) is 19.7 Å². The minimum atomic E-state index is -4.38. The van der Waals surface area contributed by atoms with Crippen molar-refractivity contribution in [1.29, 1.82) is 0 Å². The first-order chi connectivity index (χ1) is 20.4. The van der Waals surface area contributed by atoms with Gasteiger partial charge in [0.05, 0.1) is 10.5 Å². The summed E-state index contributed by atoms with van der Waals surface area (Å²) in [5, 5.41) is 11.6. The second-order valence-electron chi connectivity index (χ2n) is 9.65. The van der Waals surface area contributed by atoms with Gasteiger partial charge in [-0.2, -0.15) is 0 Å². The zero-order valence-electron chi connectivity index (χ0n) is 22.8. The smallest absolute Gasteiger partial charge is 0.481 e. The maximum absolute atomic E-state index is 14.2. The number of nitrogens with one attached hydrogen (secondary N) is 1. The summed E-state index contributed by atoms with van der Waals surface area (Å²) in [6.45, 7) is 0.398. The van der Waals surface area contributed by atoms with Crippen LogP contribution in [-0.4, -0.2) is 68.9 Å². The van der Waals surface area contributed by atoms with Crippen LogP contribution >= 0.6 is 19.2 Å². The van der Waals surface area contributed by atoms with Crippen LogP contribution in [0.3, 0.4) is 0 Å². The Hall–Kier alpha value is -3.97. The van der Waals surface area contributed by atoms with Crippen LogP contribution < -0.4 is 10.1 Å². The molecular formula is C27H28ClFN3O10P. The lowest BCUT2D eigenvalue weighted by molar-refractivity contribution is -0.138. The van der Waals surface area contributed by atoms with Gasteiger partial charge in [-0.15, -0.1) is 0 Å². The highest BCUT2D eigenvalue weighted by molar-refractivity contribution is 7.52. The quantitative estimate of drug-likeness (QED) is 0.113. The second-order valence-corrected chi connectivity index (χ2v) is 11.8. The van der Waals surface area contributed by atoms with Gasteiger partial charge in [0.2, 0.25) is 18.6 Å². The number of ether oxygens (including phenoxy) is 2. The van der Waals surface area contributed by atoms with Crippen molar-refractivity contribution in [3.05, 3.63) is 64.6 Å². The summed E-state index contributed by atoms with van der Waals surface area (Å²) in [5.41, 5.74) is 0.953. The monoisotopic (exact) mass is 639 g/mol. The van der Waals surface area contributed by atoms with Crippen LogP contribution in [0.2, 0.25) is 5.02 Å². The average Bonchev–Trinajstić information content (AvgIpc) is 3.58. The molecule has 0 radical (unpaired) electrons. The number of Topliss-reactive ketones (excluding diaryl/α,β-unsaturated/α-hetero) is 1. The lowest BCUT2D eigenvalue weighted by atomic mass is 10.1. The first kappa shape index (κ1) is 32.0. The van der Waals surface area contributed by atoms with Crippen LogP contribution in [0, 0.1) is 5.82 Å². The summed E-state index contributed by atoms with van der Waals surface area (Å²) in [5.74, 6) is -1.61. The fraction of sp³-hybridized carbons (Fsp3) is 0.333. The molecule has 2 amide bonds. The van der Waals surface area contributed by atoms with E-state index >= 15 is 0 Å². The third-order valence-electron chi connectivity index (χ3n) is 6.73. The van der Waals surface area contributed by atoms with E-state index in [-0.39, 0.29) is 35.2 Å². The lowest BCUT2D eigenvalue weighted by Crippen LogP contribution is -2.46. The maximum Gasteiger partial charge on any atom is 0.507 e. The molecule has 0 spiro atoms. The van der Waals surface area contributed by atoms with E-state index in [1.807, 2.05) is 0 Å². The zero-order chi connectivity index (χ0) is 31.3. The lowest BCUT2D eigenvalue weighted by Gasteiger charge is -2.24. The molecule has 1 saturated heterocycles. The van der Waals surface area contributed by atoms with E-state index in [1.165, 1.54) is 46.9 Å². The normalized spacial score (nSPS) is 16.1. The van der Waals surface area contributed by atoms with Gasteiger partial charge in [-0.25, -0.2) is 9.18 Å². The standard InChI is InChI=1S/C27H28ClFN3O10P/c1-16(33)20-12-31(23-10-18(7-8-19(20)23)41-15-43(38,39)42-14-40-27(36)37)13-24(34)32-9-3-6-22(32)26(35)30-11-17-4-2-5-21(28)25(17)29/h2,4-5,7-8,10,12,22H,3,6,9,11,13-15H2,1H3,(H,30,35)(H,36,37)(H,38,39)/t22-/m0/s1. The third kappa shape index (κ3) is 7.90. The van der Waals surface area contributed by atoms with Crippen LogP contribution in [0.15, 0.2) is 42.6 Å². The topological polar surface area (TPSA) is 174 Å². The number of hydrogen-bond donors (Lipinski definition) is 3. The molecule has 3 aromatic rings. The van der Waals surface area contributed by atoms with Crippen molar-refractivity contribution in [3.63, 3.8) is 0 Å². The zero-order valence-corrected chi connectivity index (χ0v) is 24.5. The molecule has 1 aliphatic rings. The predicted octanol–water partition coefficient (Wildman–Crippen LogP) is 4.13. The highest BCUT2D eigenvalue weighted by Gasteiger charge is 2.34. The number of fused-ring (bicyclic) bond motifs is 1. The van der Waals surface area contributed by atoms with Gasteiger partial charge in [0, 0.05) is 41.9 Å². The summed E-state index contributed by atoms with van der Waals surface area (Å²) in [6.07, 6.45) is -0.00880. The Morgan fingerprint density at radius 3 is 2.70 bits per heavy atom. The summed E-state index contributed by atoms with van der Waals surface area (Å²) < 4.78 is 41.8. The summed E-state index contributed by atoms with van der Waals surface area (Å²) >= 11 is 5.81. The molecular weight excluding hydrogens is 612 g/mol. The van der Waals surface area contributed by atoms with Crippen LogP contribution in [0.5, 0.6) is 5.75 Å². The number of carbonyl (C=O) groups excluding carboxylic acids is 3. The van der Waals surface area contributed by atoms with Crippen LogP contribution in [0.25, 0.3) is 10.9 Å². The molecule has 43 heavy (non-hydrogen) atoms. The van der Waals surface area contributed by atoms with E-state index in [4.69, 9.17) is 21.4 Å². The molecule has 1 fully saturated rings. The molecule has 1 unspecified atom stereocenters. The average molecular weight is 640 g/mol. The first-order valence-corrected chi connectivity index (χ1v) is 15.1. The van der Waals surface area contributed by atoms with Gasteiger partial charge in [-0.05, 0) is 38.0 Å². The molecule has 0 saturated carbocycles. The molecule has 2 aromatic carbocycles. The van der Waals surface area contributed by atoms with Gasteiger partial charge in [-0.1, -0.05) is 23.7 Å².